The highest BCUT2D eigenvalue weighted by Gasteiger charge is 2.36. The Morgan fingerprint density at radius 3 is 2.45 bits per heavy atom. The lowest BCUT2D eigenvalue weighted by Gasteiger charge is -2.38. The number of rotatable bonds is 7. The highest BCUT2D eigenvalue weighted by atomic mass is 35.5. The van der Waals surface area contributed by atoms with Crippen LogP contribution in [0.25, 0.3) is 0 Å². The van der Waals surface area contributed by atoms with Gasteiger partial charge in [0, 0.05) is 28.0 Å². The van der Waals surface area contributed by atoms with Crippen molar-refractivity contribution < 1.29 is 17.6 Å². The fourth-order valence-corrected chi connectivity index (χ4v) is 7.46. The molecule has 4 aromatic rings. The predicted molar refractivity (Wildman–Crippen MR) is 148 cm³/mol. The van der Waals surface area contributed by atoms with E-state index in [1.165, 1.54) is 36.4 Å². The van der Waals surface area contributed by atoms with E-state index in [2.05, 4.69) is 0 Å². The smallest absolute Gasteiger partial charge is 0.243 e. The summed E-state index contributed by atoms with van der Waals surface area (Å²) in [6.07, 6.45) is 0.657. The number of halogens is 3. The van der Waals surface area contributed by atoms with Gasteiger partial charge in [-0.2, -0.15) is 4.31 Å². The molecule has 10 heteroatoms. The van der Waals surface area contributed by atoms with Gasteiger partial charge in [0.2, 0.25) is 15.9 Å². The number of amides is 1. The van der Waals surface area contributed by atoms with Crippen LogP contribution in [0, 0.1) is 5.82 Å². The summed E-state index contributed by atoms with van der Waals surface area (Å²) in [5.41, 5.74) is 2.25. The first-order chi connectivity index (χ1) is 18.2. The molecule has 0 spiro atoms. The number of nitrogens with zero attached hydrogens (tertiary/aromatic N) is 2. The van der Waals surface area contributed by atoms with Gasteiger partial charge < -0.3 is 4.90 Å². The van der Waals surface area contributed by atoms with Crippen molar-refractivity contribution in [3.05, 3.63) is 122 Å². The average Bonchev–Trinajstić information content (AvgIpc) is 3.39. The lowest BCUT2D eigenvalue weighted by molar-refractivity contribution is -0.133. The molecular weight excluding hydrogens is 566 g/mol. The van der Waals surface area contributed by atoms with Crippen LogP contribution in [0.3, 0.4) is 0 Å². The standard InChI is InChI=1S/C28H23Cl2FN2O3S2/c29-20-8-11-23(25(30)16-20)28-24-13-15-37-26(24)12-14-33(28)27(34)18-32(17-19-6-9-21(31)10-7-19)38(35,36)22-4-2-1-3-5-22/h1-11,13,15-16,28H,12,14,17-18H2. The Kier molecular flexibility index (Phi) is 7.88. The van der Waals surface area contributed by atoms with Crippen LogP contribution < -0.4 is 0 Å². The number of benzene rings is 3. The van der Waals surface area contributed by atoms with Gasteiger partial charge in [-0.3, -0.25) is 4.79 Å². The molecule has 0 saturated carbocycles. The van der Waals surface area contributed by atoms with Crippen LogP contribution in [-0.4, -0.2) is 36.6 Å². The third-order valence-electron chi connectivity index (χ3n) is 6.51. The molecule has 2 heterocycles. The Morgan fingerprint density at radius 2 is 1.74 bits per heavy atom. The molecule has 5 rings (SSSR count). The summed E-state index contributed by atoms with van der Waals surface area (Å²) in [5.74, 6) is -0.788. The van der Waals surface area contributed by atoms with Crippen molar-refractivity contribution >= 4 is 50.5 Å². The lowest BCUT2D eigenvalue weighted by Crippen LogP contribution is -2.46. The fraction of sp³-hybridized carbons (Fsp3) is 0.179. The van der Waals surface area contributed by atoms with Crippen molar-refractivity contribution in [3.63, 3.8) is 0 Å². The normalized spacial score (nSPS) is 15.5. The molecule has 0 radical (unpaired) electrons. The summed E-state index contributed by atoms with van der Waals surface area (Å²) in [6, 6.07) is 20.2. The van der Waals surface area contributed by atoms with Gasteiger partial charge in [-0.05, 0) is 71.0 Å². The molecule has 0 saturated heterocycles. The van der Waals surface area contributed by atoms with Crippen LogP contribution >= 0.6 is 34.5 Å². The van der Waals surface area contributed by atoms with Crippen LogP contribution in [0.1, 0.15) is 27.6 Å². The minimum Gasteiger partial charge on any atom is -0.330 e. The van der Waals surface area contributed by atoms with Crippen LogP contribution in [0.2, 0.25) is 10.0 Å². The first-order valence-electron chi connectivity index (χ1n) is 11.8. The van der Waals surface area contributed by atoms with Gasteiger partial charge >= 0.3 is 0 Å². The monoisotopic (exact) mass is 588 g/mol. The molecule has 38 heavy (non-hydrogen) atoms. The number of hydrogen-bond donors (Lipinski definition) is 0. The molecule has 0 N–H and O–H groups in total. The third-order valence-corrected chi connectivity index (χ3v) is 9.87. The van der Waals surface area contributed by atoms with E-state index < -0.39 is 28.4 Å². The zero-order chi connectivity index (χ0) is 26.9. The average molecular weight is 590 g/mol. The van der Waals surface area contributed by atoms with Crippen molar-refractivity contribution in [1.82, 2.24) is 9.21 Å². The van der Waals surface area contributed by atoms with E-state index in [4.69, 9.17) is 23.2 Å². The van der Waals surface area contributed by atoms with Crippen LogP contribution in [-0.2, 0) is 27.8 Å². The number of thiophene rings is 1. The maximum Gasteiger partial charge on any atom is 0.243 e. The van der Waals surface area contributed by atoms with E-state index in [1.807, 2.05) is 11.4 Å². The second-order valence-electron chi connectivity index (χ2n) is 8.92. The van der Waals surface area contributed by atoms with E-state index in [1.54, 1.807) is 52.6 Å². The highest BCUT2D eigenvalue weighted by Crippen LogP contribution is 2.41. The van der Waals surface area contributed by atoms with Gasteiger partial charge in [0.1, 0.15) is 5.82 Å². The van der Waals surface area contributed by atoms with Gasteiger partial charge in [-0.1, -0.05) is 59.6 Å². The Hall–Kier alpha value is -2.75. The van der Waals surface area contributed by atoms with Crippen molar-refractivity contribution in [2.24, 2.45) is 0 Å². The Labute approximate surface area is 235 Å². The van der Waals surface area contributed by atoms with Gasteiger partial charge in [-0.15, -0.1) is 11.3 Å². The van der Waals surface area contributed by atoms with Crippen molar-refractivity contribution in [3.8, 4) is 0 Å². The molecule has 3 aromatic carbocycles. The Bertz CT molecular complexity index is 1560. The Balaban J connectivity index is 1.51. The van der Waals surface area contributed by atoms with Gasteiger partial charge in [0.25, 0.3) is 0 Å². The largest absolute Gasteiger partial charge is 0.330 e. The second kappa shape index (κ2) is 11.2. The molecule has 1 aliphatic heterocycles. The number of carbonyl (C=O) groups is 1. The number of carbonyl (C=O) groups excluding carboxylic acids is 1. The molecule has 1 aromatic heterocycles. The molecule has 1 aliphatic rings. The molecular formula is C28H23Cl2FN2O3S2. The van der Waals surface area contributed by atoms with Crippen molar-refractivity contribution in [2.45, 2.75) is 23.9 Å². The summed E-state index contributed by atoms with van der Waals surface area (Å²) in [7, 11) is -4.04. The second-order valence-corrected chi connectivity index (χ2v) is 12.7. The molecule has 5 nitrogen and oxygen atoms in total. The maximum absolute atomic E-state index is 13.9. The van der Waals surface area contributed by atoms with E-state index in [-0.39, 0.29) is 17.3 Å². The maximum atomic E-state index is 13.9. The van der Waals surface area contributed by atoms with E-state index >= 15 is 0 Å². The number of fused-ring (bicyclic) bond motifs is 1. The summed E-state index contributed by atoms with van der Waals surface area (Å²) in [4.78, 5) is 16.8. The fourth-order valence-electron chi connectivity index (χ4n) is 4.65. The Morgan fingerprint density at radius 1 is 1.00 bits per heavy atom. The van der Waals surface area contributed by atoms with Crippen LogP contribution in [0.5, 0.6) is 0 Å². The molecule has 0 fully saturated rings. The summed E-state index contributed by atoms with van der Waals surface area (Å²) >= 11 is 14.3. The van der Waals surface area contributed by atoms with E-state index in [9.17, 15) is 17.6 Å². The molecule has 0 aliphatic carbocycles. The zero-order valence-electron chi connectivity index (χ0n) is 20.1. The third kappa shape index (κ3) is 5.51. The predicted octanol–water partition coefficient (Wildman–Crippen LogP) is 6.56. The molecule has 0 bridgehead atoms. The summed E-state index contributed by atoms with van der Waals surface area (Å²) in [5, 5.41) is 2.90. The minimum absolute atomic E-state index is 0.0750. The van der Waals surface area contributed by atoms with Gasteiger partial charge in [0.05, 0.1) is 17.5 Å². The minimum atomic E-state index is -4.04. The quantitative estimate of drug-likeness (QED) is 0.246. The topological polar surface area (TPSA) is 57.7 Å². The summed E-state index contributed by atoms with van der Waals surface area (Å²) < 4.78 is 42.0. The van der Waals surface area contributed by atoms with E-state index in [0.29, 0.717) is 28.6 Å². The first kappa shape index (κ1) is 26.8. The molecule has 1 atom stereocenters. The number of hydrogen-bond acceptors (Lipinski definition) is 4. The zero-order valence-corrected chi connectivity index (χ0v) is 23.2. The highest BCUT2D eigenvalue weighted by molar-refractivity contribution is 7.89. The van der Waals surface area contributed by atoms with Crippen molar-refractivity contribution in [2.75, 3.05) is 13.1 Å². The lowest BCUT2D eigenvalue weighted by atomic mass is 9.93. The van der Waals surface area contributed by atoms with Crippen LogP contribution in [0.4, 0.5) is 4.39 Å². The summed E-state index contributed by atoms with van der Waals surface area (Å²) in [6.45, 7) is -0.0747. The van der Waals surface area contributed by atoms with Gasteiger partial charge in [0.15, 0.2) is 0 Å². The first-order valence-corrected chi connectivity index (χ1v) is 14.9. The molecule has 196 valence electrons. The van der Waals surface area contributed by atoms with Crippen LogP contribution in [0.15, 0.2) is 89.1 Å². The van der Waals surface area contributed by atoms with Crippen molar-refractivity contribution in [1.29, 1.82) is 0 Å². The SMILES string of the molecule is O=C(CN(Cc1ccc(F)cc1)S(=O)(=O)c1ccccc1)N1CCc2sccc2C1c1ccc(Cl)cc1Cl. The van der Waals surface area contributed by atoms with Gasteiger partial charge in [-0.25, -0.2) is 12.8 Å². The van der Waals surface area contributed by atoms with E-state index in [0.717, 1.165) is 20.3 Å². The molecule has 1 amide bonds. The number of sulfonamides is 1. The molecule has 1 unspecified atom stereocenters.